The molecule has 0 bridgehead atoms. The fourth-order valence-electron chi connectivity index (χ4n) is 2.39. The van der Waals surface area contributed by atoms with Crippen molar-refractivity contribution < 1.29 is 14.3 Å². The van der Waals surface area contributed by atoms with Crippen molar-refractivity contribution in [1.29, 1.82) is 5.26 Å². The van der Waals surface area contributed by atoms with Gasteiger partial charge in [-0.25, -0.2) is 0 Å². The lowest BCUT2D eigenvalue weighted by atomic mass is 10.2. The minimum Gasteiger partial charge on any atom is -0.497 e. The van der Waals surface area contributed by atoms with E-state index in [-0.39, 0.29) is 18.4 Å². The standard InChI is InChI=1S/C20H22N4O3/c1-14(20(26)23-18-10-5-4-7-15(18)12-21)24(2)13-19(25)22-16-8-6-9-17(11-16)27-3/h4-11,14H,13H2,1-3H3,(H,22,25)(H,23,26). The van der Waals surface area contributed by atoms with E-state index >= 15 is 0 Å². The lowest BCUT2D eigenvalue weighted by Crippen LogP contribution is -2.43. The number of hydrogen-bond donors (Lipinski definition) is 2. The monoisotopic (exact) mass is 366 g/mol. The van der Waals surface area contributed by atoms with Crippen LogP contribution in [0.1, 0.15) is 12.5 Å². The Morgan fingerprint density at radius 1 is 1.19 bits per heavy atom. The van der Waals surface area contributed by atoms with E-state index in [2.05, 4.69) is 10.6 Å². The van der Waals surface area contributed by atoms with Crippen molar-refractivity contribution in [2.45, 2.75) is 13.0 Å². The van der Waals surface area contributed by atoms with Crippen molar-refractivity contribution in [2.75, 3.05) is 31.3 Å². The minimum atomic E-state index is -0.562. The number of hydrogen-bond acceptors (Lipinski definition) is 5. The van der Waals surface area contributed by atoms with Crippen LogP contribution in [0.15, 0.2) is 48.5 Å². The fraction of sp³-hybridized carbons (Fsp3) is 0.250. The zero-order chi connectivity index (χ0) is 19.8. The summed E-state index contributed by atoms with van der Waals surface area (Å²) in [7, 11) is 3.24. The maximum atomic E-state index is 12.4. The number of carbonyl (C=O) groups is 2. The molecule has 0 saturated heterocycles. The highest BCUT2D eigenvalue weighted by Crippen LogP contribution is 2.17. The quantitative estimate of drug-likeness (QED) is 0.785. The Bertz CT molecular complexity index is 860. The molecule has 2 aromatic carbocycles. The molecule has 0 saturated carbocycles. The topological polar surface area (TPSA) is 94.5 Å². The van der Waals surface area contributed by atoms with Gasteiger partial charge in [0, 0.05) is 11.8 Å². The van der Waals surface area contributed by atoms with Gasteiger partial charge in [-0.3, -0.25) is 14.5 Å². The molecule has 0 fully saturated rings. The predicted molar refractivity (Wildman–Crippen MR) is 104 cm³/mol. The van der Waals surface area contributed by atoms with Crippen molar-refractivity contribution in [3.05, 3.63) is 54.1 Å². The van der Waals surface area contributed by atoms with E-state index in [1.807, 2.05) is 6.07 Å². The van der Waals surface area contributed by atoms with Crippen molar-refractivity contribution >= 4 is 23.2 Å². The van der Waals surface area contributed by atoms with Gasteiger partial charge in [-0.15, -0.1) is 0 Å². The highest BCUT2D eigenvalue weighted by molar-refractivity contribution is 5.97. The first-order valence-electron chi connectivity index (χ1n) is 8.38. The van der Waals surface area contributed by atoms with Crippen molar-refractivity contribution in [2.24, 2.45) is 0 Å². The first-order valence-corrected chi connectivity index (χ1v) is 8.38. The van der Waals surface area contributed by atoms with E-state index in [1.54, 1.807) is 74.5 Å². The average Bonchev–Trinajstić information content (AvgIpc) is 2.67. The van der Waals surface area contributed by atoms with E-state index in [0.717, 1.165) is 0 Å². The minimum absolute atomic E-state index is 0.0334. The molecule has 1 unspecified atom stereocenters. The number of para-hydroxylation sites is 1. The Hall–Kier alpha value is -3.37. The van der Waals surface area contributed by atoms with Gasteiger partial charge in [-0.05, 0) is 38.2 Å². The number of likely N-dealkylation sites (N-methyl/N-ethyl adjacent to an activating group) is 1. The fourth-order valence-corrected chi connectivity index (χ4v) is 2.39. The third-order valence-electron chi connectivity index (χ3n) is 4.09. The van der Waals surface area contributed by atoms with Crippen LogP contribution in [0.3, 0.4) is 0 Å². The molecule has 2 amide bonds. The van der Waals surface area contributed by atoms with Gasteiger partial charge in [0.2, 0.25) is 11.8 Å². The number of rotatable bonds is 7. The van der Waals surface area contributed by atoms with Gasteiger partial charge < -0.3 is 15.4 Å². The zero-order valence-corrected chi connectivity index (χ0v) is 15.5. The summed E-state index contributed by atoms with van der Waals surface area (Å²) in [6.07, 6.45) is 0. The van der Waals surface area contributed by atoms with Crippen molar-refractivity contribution in [3.63, 3.8) is 0 Å². The van der Waals surface area contributed by atoms with Crippen LogP contribution in [0.25, 0.3) is 0 Å². The summed E-state index contributed by atoms with van der Waals surface area (Å²) >= 11 is 0. The molecule has 7 nitrogen and oxygen atoms in total. The van der Waals surface area contributed by atoms with Crippen LogP contribution >= 0.6 is 0 Å². The number of nitrogens with zero attached hydrogens (tertiary/aromatic N) is 2. The molecule has 1 atom stereocenters. The molecule has 0 aromatic heterocycles. The lowest BCUT2D eigenvalue weighted by Gasteiger charge is -2.23. The van der Waals surface area contributed by atoms with Crippen LogP contribution in [0.4, 0.5) is 11.4 Å². The molecule has 2 aromatic rings. The van der Waals surface area contributed by atoms with Crippen LogP contribution in [0, 0.1) is 11.3 Å². The first-order chi connectivity index (χ1) is 12.9. The maximum absolute atomic E-state index is 12.4. The first kappa shape index (κ1) is 19.9. The predicted octanol–water partition coefficient (Wildman–Crippen LogP) is 2.46. The highest BCUT2D eigenvalue weighted by Gasteiger charge is 2.21. The van der Waals surface area contributed by atoms with E-state index in [1.165, 1.54) is 0 Å². The molecule has 0 aliphatic rings. The summed E-state index contributed by atoms with van der Waals surface area (Å²) in [5.41, 5.74) is 1.45. The van der Waals surface area contributed by atoms with E-state index in [4.69, 9.17) is 10.00 Å². The summed E-state index contributed by atoms with van der Waals surface area (Å²) in [5.74, 6) is 0.0993. The molecule has 27 heavy (non-hydrogen) atoms. The van der Waals surface area contributed by atoms with Gasteiger partial charge >= 0.3 is 0 Å². The van der Waals surface area contributed by atoms with Crippen LogP contribution in [-0.2, 0) is 9.59 Å². The van der Waals surface area contributed by atoms with Gasteiger partial charge in [0.05, 0.1) is 30.9 Å². The molecule has 0 radical (unpaired) electrons. The molecule has 0 aliphatic carbocycles. The van der Waals surface area contributed by atoms with Crippen LogP contribution in [0.5, 0.6) is 5.75 Å². The third-order valence-corrected chi connectivity index (χ3v) is 4.09. The SMILES string of the molecule is COc1cccc(NC(=O)CN(C)C(C)C(=O)Nc2ccccc2C#N)c1. The zero-order valence-electron chi connectivity index (χ0n) is 15.5. The number of nitrogens with one attached hydrogen (secondary N) is 2. The smallest absolute Gasteiger partial charge is 0.241 e. The Morgan fingerprint density at radius 3 is 2.63 bits per heavy atom. The van der Waals surface area contributed by atoms with Crippen LogP contribution < -0.4 is 15.4 Å². The van der Waals surface area contributed by atoms with Gasteiger partial charge in [0.1, 0.15) is 11.8 Å². The Kier molecular flexibility index (Phi) is 6.92. The summed E-state index contributed by atoms with van der Waals surface area (Å²) in [6.45, 7) is 1.73. The molecular formula is C20H22N4O3. The molecule has 7 heteroatoms. The number of methoxy groups -OCH3 is 1. The number of anilines is 2. The molecular weight excluding hydrogens is 344 g/mol. The summed E-state index contributed by atoms with van der Waals surface area (Å²) in [4.78, 5) is 26.3. The Labute approximate surface area is 158 Å². The molecule has 0 heterocycles. The number of carbonyl (C=O) groups excluding carboxylic acids is 2. The third kappa shape index (κ3) is 5.56. The lowest BCUT2D eigenvalue weighted by molar-refractivity contribution is -0.122. The number of ether oxygens (including phenoxy) is 1. The van der Waals surface area contributed by atoms with E-state index in [0.29, 0.717) is 22.7 Å². The summed E-state index contributed by atoms with van der Waals surface area (Å²) < 4.78 is 5.13. The van der Waals surface area contributed by atoms with Crippen LogP contribution in [0.2, 0.25) is 0 Å². The van der Waals surface area contributed by atoms with Gasteiger partial charge in [-0.1, -0.05) is 18.2 Å². The second-order valence-electron chi connectivity index (χ2n) is 6.02. The van der Waals surface area contributed by atoms with Gasteiger partial charge in [0.15, 0.2) is 0 Å². The molecule has 0 spiro atoms. The van der Waals surface area contributed by atoms with Crippen LogP contribution in [-0.4, -0.2) is 43.5 Å². The second-order valence-corrected chi connectivity index (χ2v) is 6.02. The Balaban J connectivity index is 1.93. The van der Waals surface area contributed by atoms with E-state index in [9.17, 15) is 9.59 Å². The highest BCUT2D eigenvalue weighted by atomic mass is 16.5. The van der Waals surface area contributed by atoms with Crippen molar-refractivity contribution in [1.82, 2.24) is 4.90 Å². The second kappa shape index (κ2) is 9.36. The summed E-state index contributed by atoms with van der Waals surface area (Å²) in [6, 6.07) is 15.3. The number of nitriles is 1. The number of amides is 2. The van der Waals surface area contributed by atoms with Crippen molar-refractivity contribution in [3.8, 4) is 11.8 Å². The van der Waals surface area contributed by atoms with Gasteiger partial charge in [0.25, 0.3) is 0 Å². The summed E-state index contributed by atoms with van der Waals surface area (Å²) in [5, 5.41) is 14.6. The van der Waals surface area contributed by atoms with E-state index < -0.39 is 6.04 Å². The molecule has 2 N–H and O–H groups in total. The average molecular weight is 366 g/mol. The normalized spacial score (nSPS) is 11.4. The molecule has 140 valence electrons. The van der Waals surface area contributed by atoms with Gasteiger partial charge in [-0.2, -0.15) is 5.26 Å². The maximum Gasteiger partial charge on any atom is 0.241 e. The number of benzene rings is 2. The molecule has 0 aliphatic heterocycles. The molecule has 2 rings (SSSR count). The Morgan fingerprint density at radius 2 is 1.93 bits per heavy atom. The largest absolute Gasteiger partial charge is 0.497 e.